The highest BCUT2D eigenvalue weighted by molar-refractivity contribution is 5.48. The van der Waals surface area contributed by atoms with E-state index in [0.717, 1.165) is 30.8 Å². The van der Waals surface area contributed by atoms with Crippen molar-refractivity contribution in [3.8, 4) is 6.07 Å². The maximum absolute atomic E-state index is 13.1. The van der Waals surface area contributed by atoms with Crippen LogP contribution in [0.2, 0.25) is 0 Å². The van der Waals surface area contributed by atoms with Crippen molar-refractivity contribution in [2.24, 2.45) is 5.73 Å². The van der Waals surface area contributed by atoms with Crippen LogP contribution in [0.3, 0.4) is 0 Å². The number of rotatable bonds is 3. The summed E-state index contributed by atoms with van der Waals surface area (Å²) in [6.45, 7) is 1.89. The third kappa shape index (κ3) is 2.85. The first kappa shape index (κ1) is 16.4. The molecule has 2 N–H and O–H groups in total. The number of nitrogens with two attached hydrogens (primary N) is 1. The number of anilines is 1. The number of nitrogens with zero attached hydrogens (tertiary/aromatic N) is 5. The standard InChI is InChI=1S/C19H20N6O/c20-10-14-4-1-2-5-15(14)11-25-17(23-8-3-6-16(21)12-23)13-24-9-7-22-18(24)19(25)26/h1-2,4-5,7,9,13,16H,3,6,8,11-12,21H2/t16-/m1/s1. The molecule has 1 aliphatic rings. The van der Waals surface area contributed by atoms with Crippen LogP contribution in [-0.4, -0.2) is 33.1 Å². The van der Waals surface area contributed by atoms with E-state index < -0.39 is 0 Å². The van der Waals surface area contributed by atoms with Crippen LogP contribution in [0.25, 0.3) is 5.65 Å². The van der Waals surface area contributed by atoms with Crippen molar-refractivity contribution in [1.82, 2.24) is 14.0 Å². The molecule has 0 unspecified atom stereocenters. The number of hydrogen-bond acceptors (Lipinski definition) is 5. The predicted molar refractivity (Wildman–Crippen MR) is 99.1 cm³/mol. The molecule has 3 heterocycles. The summed E-state index contributed by atoms with van der Waals surface area (Å²) < 4.78 is 3.46. The van der Waals surface area contributed by atoms with Gasteiger partial charge in [0.2, 0.25) is 5.65 Å². The van der Waals surface area contributed by atoms with Crippen LogP contribution in [0.15, 0.2) is 47.7 Å². The van der Waals surface area contributed by atoms with Gasteiger partial charge in [-0.2, -0.15) is 5.26 Å². The molecule has 1 atom stereocenters. The second-order valence-electron chi connectivity index (χ2n) is 6.65. The third-order valence-corrected chi connectivity index (χ3v) is 4.88. The fraction of sp³-hybridized carbons (Fsp3) is 0.316. The number of imidazole rings is 1. The minimum Gasteiger partial charge on any atom is -0.355 e. The Balaban J connectivity index is 1.86. The molecule has 1 aliphatic heterocycles. The Bertz CT molecular complexity index is 1040. The molecular formula is C19H20N6O. The predicted octanol–water partition coefficient (Wildman–Crippen LogP) is 1.34. The molecule has 0 spiro atoms. The van der Waals surface area contributed by atoms with Gasteiger partial charge in [-0.05, 0) is 24.5 Å². The summed E-state index contributed by atoms with van der Waals surface area (Å²) in [6, 6.07) is 9.66. The number of nitriles is 1. The molecule has 7 nitrogen and oxygen atoms in total. The summed E-state index contributed by atoms with van der Waals surface area (Å²) in [5, 5.41) is 9.38. The Morgan fingerprint density at radius 3 is 3.00 bits per heavy atom. The Hall–Kier alpha value is -3.11. The quantitative estimate of drug-likeness (QED) is 0.771. The molecule has 0 aliphatic carbocycles. The zero-order valence-electron chi connectivity index (χ0n) is 14.4. The number of aromatic nitrogens is 3. The summed E-state index contributed by atoms with van der Waals surface area (Å²) in [6.07, 6.45) is 7.31. The second-order valence-corrected chi connectivity index (χ2v) is 6.65. The van der Waals surface area contributed by atoms with Gasteiger partial charge in [-0.1, -0.05) is 18.2 Å². The first-order valence-corrected chi connectivity index (χ1v) is 8.72. The fourth-order valence-corrected chi connectivity index (χ4v) is 3.56. The van der Waals surface area contributed by atoms with Gasteiger partial charge in [-0.3, -0.25) is 13.8 Å². The Kier molecular flexibility index (Phi) is 4.19. The van der Waals surface area contributed by atoms with Crippen LogP contribution in [0.1, 0.15) is 24.0 Å². The lowest BCUT2D eigenvalue weighted by molar-refractivity contribution is 0.495. The van der Waals surface area contributed by atoms with Crippen molar-refractivity contribution >= 4 is 11.5 Å². The lowest BCUT2D eigenvalue weighted by Crippen LogP contribution is -2.45. The molecule has 0 amide bonds. The Morgan fingerprint density at radius 2 is 2.19 bits per heavy atom. The van der Waals surface area contributed by atoms with Crippen LogP contribution in [0.4, 0.5) is 5.82 Å². The van der Waals surface area contributed by atoms with Gasteiger partial charge < -0.3 is 10.6 Å². The minimum atomic E-state index is -0.167. The average Bonchev–Trinajstić information content (AvgIpc) is 3.13. The minimum absolute atomic E-state index is 0.0946. The smallest absolute Gasteiger partial charge is 0.296 e. The van der Waals surface area contributed by atoms with Crippen molar-refractivity contribution < 1.29 is 0 Å². The van der Waals surface area contributed by atoms with Crippen molar-refractivity contribution in [3.05, 3.63) is 64.3 Å². The molecule has 4 rings (SSSR count). The summed E-state index contributed by atoms with van der Waals surface area (Å²) in [5.41, 5.74) is 7.75. The highest BCUT2D eigenvalue weighted by Crippen LogP contribution is 2.20. The summed E-state index contributed by atoms with van der Waals surface area (Å²) in [4.78, 5) is 19.4. The SMILES string of the molecule is N#Cc1ccccc1Cn1c(N2CCC[C@@H](N)C2)cn2ccnc2c1=O. The maximum Gasteiger partial charge on any atom is 0.296 e. The van der Waals surface area contributed by atoms with Crippen molar-refractivity contribution in [3.63, 3.8) is 0 Å². The Morgan fingerprint density at radius 1 is 1.35 bits per heavy atom. The van der Waals surface area contributed by atoms with E-state index in [2.05, 4.69) is 16.0 Å². The number of piperidine rings is 1. The summed E-state index contributed by atoms with van der Waals surface area (Å²) >= 11 is 0. The van der Waals surface area contributed by atoms with E-state index in [9.17, 15) is 10.1 Å². The lowest BCUT2D eigenvalue weighted by atomic mass is 10.1. The normalized spacial score (nSPS) is 17.4. The van der Waals surface area contributed by atoms with Crippen LogP contribution in [0, 0.1) is 11.3 Å². The zero-order chi connectivity index (χ0) is 18.1. The van der Waals surface area contributed by atoms with Crippen LogP contribution in [-0.2, 0) is 6.54 Å². The van der Waals surface area contributed by atoms with Gasteiger partial charge in [-0.15, -0.1) is 0 Å². The van der Waals surface area contributed by atoms with E-state index in [-0.39, 0.29) is 11.6 Å². The lowest BCUT2D eigenvalue weighted by Gasteiger charge is -2.34. The van der Waals surface area contributed by atoms with Gasteiger partial charge in [0, 0.05) is 31.5 Å². The van der Waals surface area contributed by atoms with E-state index in [0.29, 0.717) is 24.3 Å². The molecule has 1 saturated heterocycles. The number of fused-ring (bicyclic) bond motifs is 1. The molecule has 3 aromatic rings. The monoisotopic (exact) mass is 348 g/mol. The van der Waals surface area contributed by atoms with Gasteiger partial charge in [0.25, 0.3) is 5.56 Å². The van der Waals surface area contributed by atoms with Crippen LogP contribution < -0.4 is 16.2 Å². The summed E-state index contributed by atoms with van der Waals surface area (Å²) in [7, 11) is 0. The number of hydrogen-bond donors (Lipinski definition) is 1. The fourth-order valence-electron chi connectivity index (χ4n) is 3.56. The molecule has 1 aromatic carbocycles. The van der Waals surface area contributed by atoms with E-state index in [1.807, 2.05) is 24.4 Å². The third-order valence-electron chi connectivity index (χ3n) is 4.88. The number of benzene rings is 1. The average molecular weight is 348 g/mol. The van der Waals surface area contributed by atoms with Crippen molar-refractivity contribution in [2.75, 3.05) is 18.0 Å². The molecular weight excluding hydrogens is 328 g/mol. The van der Waals surface area contributed by atoms with E-state index >= 15 is 0 Å². The largest absolute Gasteiger partial charge is 0.355 e. The van der Waals surface area contributed by atoms with Crippen molar-refractivity contribution in [2.45, 2.75) is 25.4 Å². The molecule has 132 valence electrons. The van der Waals surface area contributed by atoms with E-state index in [1.165, 1.54) is 0 Å². The highest BCUT2D eigenvalue weighted by atomic mass is 16.1. The maximum atomic E-state index is 13.1. The van der Waals surface area contributed by atoms with Crippen LogP contribution >= 0.6 is 0 Å². The highest BCUT2D eigenvalue weighted by Gasteiger charge is 2.22. The first-order chi connectivity index (χ1) is 12.7. The van der Waals surface area contributed by atoms with Gasteiger partial charge >= 0.3 is 0 Å². The molecule has 0 saturated carbocycles. The second kappa shape index (κ2) is 6.65. The summed E-state index contributed by atoms with van der Waals surface area (Å²) in [5.74, 6) is 0.809. The van der Waals surface area contributed by atoms with E-state index in [1.54, 1.807) is 27.4 Å². The first-order valence-electron chi connectivity index (χ1n) is 8.72. The van der Waals surface area contributed by atoms with Gasteiger partial charge in [0.1, 0.15) is 5.82 Å². The Labute approximate surface area is 150 Å². The van der Waals surface area contributed by atoms with E-state index in [4.69, 9.17) is 5.73 Å². The molecule has 1 fully saturated rings. The topological polar surface area (TPSA) is 92.3 Å². The van der Waals surface area contributed by atoms with Gasteiger partial charge in [0.05, 0.1) is 24.4 Å². The molecule has 7 heteroatoms. The molecule has 0 radical (unpaired) electrons. The molecule has 0 bridgehead atoms. The molecule has 2 aromatic heterocycles. The molecule has 26 heavy (non-hydrogen) atoms. The zero-order valence-corrected chi connectivity index (χ0v) is 14.4. The van der Waals surface area contributed by atoms with Crippen molar-refractivity contribution in [1.29, 1.82) is 5.26 Å². The van der Waals surface area contributed by atoms with Gasteiger partial charge in [0.15, 0.2) is 0 Å². The van der Waals surface area contributed by atoms with Crippen LogP contribution in [0.5, 0.6) is 0 Å². The van der Waals surface area contributed by atoms with Gasteiger partial charge in [-0.25, -0.2) is 4.98 Å².